The van der Waals surface area contributed by atoms with Gasteiger partial charge in [0, 0.05) is 12.1 Å². The van der Waals surface area contributed by atoms with E-state index < -0.39 is 5.97 Å². The van der Waals surface area contributed by atoms with Crippen LogP contribution in [0.15, 0.2) is 0 Å². The summed E-state index contributed by atoms with van der Waals surface area (Å²) in [5, 5.41) is 12.1. The topological polar surface area (TPSA) is 69.6 Å². The molecule has 2 fully saturated rings. The molecule has 0 spiro atoms. The van der Waals surface area contributed by atoms with Crippen LogP contribution < -0.4 is 5.32 Å². The maximum atomic E-state index is 12.4. The minimum absolute atomic E-state index is 0.0974. The maximum absolute atomic E-state index is 12.4. The van der Waals surface area contributed by atoms with E-state index in [1.54, 1.807) is 0 Å². The lowest BCUT2D eigenvalue weighted by Crippen LogP contribution is -2.51. The second-order valence-electron chi connectivity index (χ2n) is 6.43. The Hall–Kier alpha value is -1.26. The zero-order valence-electron chi connectivity index (χ0n) is 12.5. The first-order valence-corrected chi connectivity index (χ1v) is 7.78. The normalized spacial score (nSPS) is 30.4. The number of carbonyl (C=O) groups excluding carboxylic acids is 1. The molecular formula is C15H26N2O3. The van der Waals surface area contributed by atoms with E-state index in [1.165, 1.54) is 4.90 Å². The molecule has 2 N–H and O–H groups in total. The van der Waals surface area contributed by atoms with Crippen molar-refractivity contribution in [2.45, 2.75) is 64.5 Å². The Labute approximate surface area is 120 Å². The van der Waals surface area contributed by atoms with Gasteiger partial charge in [0.15, 0.2) is 0 Å². The molecule has 0 radical (unpaired) electrons. The number of nitrogens with one attached hydrogen (secondary N) is 1. The molecule has 0 bridgehead atoms. The molecule has 5 nitrogen and oxygen atoms in total. The number of hydrogen-bond acceptors (Lipinski definition) is 2. The van der Waals surface area contributed by atoms with Crippen LogP contribution in [-0.2, 0) is 4.79 Å². The summed E-state index contributed by atoms with van der Waals surface area (Å²) in [5.74, 6) is 0.161. The average molecular weight is 282 g/mol. The van der Waals surface area contributed by atoms with E-state index in [1.807, 2.05) is 0 Å². The summed E-state index contributed by atoms with van der Waals surface area (Å²) in [6, 6.07) is 0.0979. The fraction of sp³-hybridized carbons (Fsp3) is 0.867. The molecule has 0 aromatic heterocycles. The lowest BCUT2D eigenvalue weighted by Gasteiger charge is -2.30. The number of carbonyl (C=O) groups is 2. The summed E-state index contributed by atoms with van der Waals surface area (Å²) in [6.07, 6.45) is 6.17. The summed E-state index contributed by atoms with van der Waals surface area (Å²) in [6.45, 7) is 4.19. The molecule has 0 saturated heterocycles. The predicted molar refractivity (Wildman–Crippen MR) is 76.5 cm³/mol. The van der Waals surface area contributed by atoms with Crippen LogP contribution in [0, 0.1) is 11.8 Å². The molecule has 2 aliphatic rings. The van der Waals surface area contributed by atoms with Crippen molar-refractivity contribution in [3.05, 3.63) is 0 Å². The minimum atomic E-state index is -0.931. The molecule has 0 aliphatic heterocycles. The van der Waals surface area contributed by atoms with Gasteiger partial charge in [0.25, 0.3) is 0 Å². The van der Waals surface area contributed by atoms with Gasteiger partial charge in [-0.25, -0.2) is 4.79 Å². The first-order valence-electron chi connectivity index (χ1n) is 7.78. The van der Waals surface area contributed by atoms with Crippen molar-refractivity contribution in [2.75, 3.05) is 6.54 Å². The number of carboxylic acids is 1. The van der Waals surface area contributed by atoms with Gasteiger partial charge in [-0.05, 0) is 37.5 Å². The van der Waals surface area contributed by atoms with Gasteiger partial charge < -0.3 is 15.3 Å². The van der Waals surface area contributed by atoms with Gasteiger partial charge >= 0.3 is 12.0 Å². The summed E-state index contributed by atoms with van der Waals surface area (Å²) in [5.41, 5.74) is 0. The van der Waals surface area contributed by atoms with Crippen molar-refractivity contribution < 1.29 is 14.7 Å². The summed E-state index contributed by atoms with van der Waals surface area (Å²) < 4.78 is 0. The fourth-order valence-corrected chi connectivity index (χ4v) is 3.54. The van der Waals surface area contributed by atoms with Gasteiger partial charge in [-0.2, -0.15) is 0 Å². The van der Waals surface area contributed by atoms with Crippen LogP contribution >= 0.6 is 0 Å². The number of amides is 2. The van der Waals surface area contributed by atoms with Crippen molar-refractivity contribution in [3.63, 3.8) is 0 Å². The Morgan fingerprint density at radius 3 is 2.30 bits per heavy atom. The second-order valence-corrected chi connectivity index (χ2v) is 6.43. The van der Waals surface area contributed by atoms with Gasteiger partial charge in [-0.15, -0.1) is 0 Å². The van der Waals surface area contributed by atoms with Crippen molar-refractivity contribution in [2.24, 2.45) is 11.8 Å². The Balaban J connectivity index is 1.97. The first kappa shape index (κ1) is 15.1. The van der Waals surface area contributed by atoms with Crippen molar-refractivity contribution in [1.82, 2.24) is 10.2 Å². The Morgan fingerprint density at radius 1 is 1.15 bits per heavy atom. The predicted octanol–water partition coefficient (Wildman–Crippen LogP) is 2.46. The van der Waals surface area contributed by atoms with Gasteiger partial charge in [-0.3, -0.25) is 4.79 Å². The molecule has 2 rings (SSSR count). The Morgan fingerprint density at radius 2 is 1.80 bits per heavy atom. The number of hydrogen-bond donors (Lipinski definition) is 2. The molecule has 20 heavy (non-hydrogen) atoms. The number of carboxylic acid groups (broad SMARTS) is 1. The lowest BCUT2D eigenvalue weighted by molar-refractivity contribution is -0.138. The first-order chi connectivity index (χ1) is 9.49. The smallest absolute Gasteiger partial charge is 0.323 e. The number of nitrogens with zero attached hydrogens (tertiary/aromatic N) is 1. The highest BCUT2D eigenvalue weighted by atomic mass is 16.4. The standard InChI is InChI=1S/C15H26N2O3/c1-10-7-8-13(11(10)2)16-15(20)17(9-14(18)19)12-5-3-4-6-12/h10-13H,3-9H2,1-2H3,(H,16,20)(H,18,19). The van der Waals surface area contributed by atoms with Crippen LogP contribution in [0.5, 0.6) is 0 Å². The highest BCUT2D eigenvalue weighted by molar-refractivity contribution is 5.80. The molecule has 3 atom stereocenters. The number of aliphatic carboxylic acids is 1. The fourth-order valence-electron chi connectivity index (χ4n) is 3.54. The van der Waals surface area contributed by atoms with Gasteiger partial charge in [0.1, 0.15) is 6.54 Å². The van der Waals surface area contributed by atoms with Crippen molar-refractivity contribution in [3.8, 4) is 0 Å². The van der Waals surface area contributed by atoms with E-state index >= 15 is 0 Å². The number of rotatable bonds is 4. The zero-order valence-corrected chi connectivity index (χ0v) is 12.5. The summed E-state index contributed by atoms with van der Waals surface area (Å²) in [4.78, 5) is 25.0. The highest BCUT2D eigenvalue weighted by Crippen LogP contribution is 2.31. The third-order valence-corrected chi connectivity index (χ3v) is 5.11. The van der Waals surface area contributed by atoms with E-state index in [4.69, 9.17) is 5.11 Å². The lowest BCUT2D eigenvalue weighted by atomic mass is 9.98. The molecule has 2 saturated carbocycles. The van der Waals surface area contributed by atoms with E-state index in [2.05, 4.69) is 19.2 Å². The van der Waals surface area contributed by atoms with Crippen molar-refractivity contribution >= 4 is 12.0 Å². The van der Waals surface area contributed by atoms with E-state index in [0.29, 0.717) is 11.8 Å². The molecule has 5 heteroatoms. The van der Waals surface area contributed by atoms with Crippen LogP contribution in [0.4, 0.5) is 4.79 Å². The molecular weight excluding hydrogens is 256 g/mol. The van der Waals surface area contributed by atoms with E-state index in [9.17, 15) is 9.59 Å². The highest BCUT2D eigenvalue weighted by Gasteiger charge is 2.34. The summed E-state index contributed by atoms with van der Waals surface area (Å²) in [7, 11) is 0. The van der Waals surface area contributed by atoms with Crippen LogP contribution in [0.2, 0.25) is 0 Å². The van der Waals surface area contributed by atoms with Crippen LogP contribution in [-0.4, -0.2) is 40.6 Å². The van der Waals surface area contributed by atoms with Gasteiger partial charge in [0.05, 0.1) is 0 Å². The van der Waals surface area contributed by atoms with Crippen LogP contribution in [0.25, 0.3) is 0 Å². The third-order valence-electron chi connectivity index (χ3n) is 5.11. The Bertz CT molecular complexity index is 366. The quantitative estimate of drug-likeness (QED) is 0.832. The Kier molecular flexibility index (Phi) is 4.89. The zero-order chi connectivity index (χ0) is 14.7. The SMILES string of the molecule is CC1CCC(NC(=O)N(CC(=O)O)C2CCCC2)C1C. The van der Waals surface area contributed by atoms with Crippen molar-refractivity contribution in [1.29, 1.82) is 0 Å². The monoisotopic (exact) mass is 282 g/mol. The molecule has 2 aliphatic carbocycles. The largest absolute Gasteiger partial charge is 0.480 e. The summed E-state index contributed by atoms with van der Waals surface area (Å²) >= 11 is 0. The average Bonchev–Trinajstić information content (AvgIpc) is 3.01. The molecule has 0 aromatic carbocycles. The van der Waals surface area contributed by atoms with Gasteiger partial charge in [-0.1, -0.05) is 26.7 Å². The maximum Gasteiger partial charge on any atom is 0.323 e. The molecule has 2 amide bonds. The van der Waals surface area contributed by atoms with E-state index in [-0.39, 0.29) is 24.7 Å². The van der Waals surface area contributed by atoms with Crippen LogP contribution in [0.3, 0.4) is 0 Å². The number of urea groups is 1. The minimum Gasteiger partial charge on any atom is -0.480 e. The molecule has 3 unspecified atom stereocenters. The van der Waals surface area contributed by atoms with Crippen LogP contribution in [0.1, 0.15) is 52.4 Å². The van der Waals surface area contributed by atoms with Gasteiger partial charge in [0.2, 0.25) is 0 Å². The second kappa shape index (κ2) is 6.46. The molecule has 114 valence electrons. The van der Waals surface area contributed by atoms with E-state index in [0.717, 1.165) is 38.5 Å². The molecule has 0 aromatic rings. The molecule has 0 heterocycles. The third kappa shape index (κ3) is 3.44.